The highest BCUT2D eigenvalue weighted by molar-refractivity contribution is 6.31. The minimum absolute atomic E-state index is 0.000523. The molecule has 0 heterocycles. The number of rotatable bonds is 7. The lowest BCUT2D eigenvalue weighted by Crippen LogP contribution is -2.53. The third kappa shape index (κ3) is 5.92. The van der Waals surface area contributed by atoms with Crippen molar-refractivity contribution in [3.8, 4) is 0 Å². The molecule has 7 heteroatoms. The van der Waals surface area contributed by atoms with Gasteiger partial charge in [-0.3, -0.25) is 9.59 Å². The zero-order chi connectivity index (χ0) is 20.1. The quantitative estimate of drug-likeness (QED) is 0.646. The molecule has 0 atom stereocenters. The van der Waals surface area contributed by atoms with Gasteiger partial charge in [0.1, 0.15) is 5.82 Å². The van der Waals surface area contributed by atoms with E-state index in [-0.39, 0.29) is 27.9 Å². The Balaban J connectivity index is 1.33. The van der Waals surface area contributed by atoms with E-state index in [1.807, 2.05) is 0 Å². The van der Waals surface area contributed by atoms with Gasteiger partial charge < -0.3 is 16.0 Å². The van der Waals surface area contributed by atoms with Crippen LogP contribution in [0.4, 0.5) is 4.39 Å². The molecular formula is C21H29ClFN3O2. The average Bonchev–Trinajstić information content (AvgIpc) is 2.63. The summed E-state index contributed by atoms with van der Waals surface area (Å²) in [5.41, 5.74) is 0.243. The van der Waals surface area contributed by atoms with Crippen molar-refractivity contribution in [1.82, 2.24) is 16.0 Å². The van der Waals surface area contributed by atoms with E-state index in [1.54, 1.807) is 0 Å². The van der Waals surface area contributed by atoms with Crippen LogP contribution < -0.4 is 16.0 Å². The van der Waals surface area contributed by atoms with Gasteiger partial charge in [0, 0.05) is 28.7 Å². The minimum atomic E-state index is -0.514. The molecule has 2 aliphatic rings. The Morgan fingerprint density at radius 3 is 2.50 bits per heavy atom. The Bertz CT molecular complexity index is 695. The summed E-state index contributed by atoms with van der Waals surface area (Å²) in [6.07, 6.45) is 7.27. The molecule has 0 bridgehead atoms. The molecule has 2 fully saturated rings. The molecule has 154 valence electrons. The number of nitrogens with one attached hydrogen (secondary N) is 3. The molecular weight excluding hydrogens is 381 g/mol. The average molecular weight is 410 g/mol. The molecule has 0 unspecified atom stereocenters. The van der Waals surface area contributed by atoms with E-state index >= 15 is 0 Å². The van der Waals surface area contributed by atoms with Crippen LogP contribution in [0.15, 0.2) is 18.2 Å². The lowest BCUT2D eigenvalue weighted by Gasteiger charge is -2.39. The highest BCUT2D eigenvalue weighted by atomic mass is 35.5. The van der Waals surface area contributed by atoms with Gasteiger partial charge in [-0.15, -0.1) is 0 Å². The molecule has 3 rings (SSSR count). The second kappa shape index (κ2) is 9.23. The molecule has 2 saturated carbocycles. The Morgan fingerprint density at radius 2 is 1.89 bits per heavy atom. The molecule has 5 nitrogen and oxygen atoms in total. The second-order valence-corrected chi connectivity index (χ2v) is 8.87. The van der Waals surface area contributed by atoms with Crippen molar-refractivity contribution in [1.29, 1.82) is 0 Å². The maximum Gasteiger partial charge on any atom is 0.251 e. The third-order valence-corrected chi connectivity index (χ3v) is 6.19. The molecule has 1 aromatic carbocycles. The van der Waals surface area contributed by atoms with Crippen molar-refractivity contribution in [3.63, 3.8) is 0 Å². The topological polar surface area (TPSA) is 70.2 Å². The fourth-order valence-corrected chi connectivity index (χ4v) is 4.27. The number of halogens is 2. The zero-order valence-corrected chi connectivity index (χ0v) is 17.1. The Morgan fingerprint density at radius 1 is 1.18 bits per heavy atom. The van der Waals surface area contributed by atoms with Gasteiger partial charge in [-0.25, -0.2) is 4.39 Å². The van der Waals surface area contributed by atoms with Gasteiger partial charge in [0.2, 0.25) is 5.91 Å². The van der Waals surface area contributed by atoms with Crippen LogP contribution in [-0.4, -0.2) is 36.5 Å². The van der Waals surface area contributed by atoms with Crippen LogP contribution in [0.2, 0.25) is 5.02 Å². The Labute approximate surface area is 170 Å². The lowest BCUT2D eigenvalue weighted by atomic mass is 9.78. The van der Waals surface area contributed by atoms with E-state index in [0.717, 1.165) is 38.5 Å². The Kier molecular flexibility index (Phi) is 6.94. The summed E-state index contributed by atoms with van der Waals surface area (Å²) in [4.78, 5) is 24.2. The summed E-state index contributed by atoms with van der Waals surface area (Å²) in [6.45, 7) is 3.03. The van der Waals surface area contributed by atoms with Gasteiger partial charge in [0.15, 0.2) is 0 Å². The van der Waals surface area contributed by atoms with E-state index in [0.29, 0.717) is 25.0 Å². The summed E-state index contributed by atoms with van der Waals surface area (Å²) >= 11 is 5.80. The van der Waals surface area contributed by atoms with Gasteiger partial charge in [-0.05, 0) is 76.0 Å². The van der Waals surface area contributed by atoms with Gasteiger partial charge in [0.05, 0.1) is 6.54 Å². The molecule has 0 radical (unpaired) electrons. The third-order valence-electron chi connectivity index (χ3n) is 5.97. The molecule has 2 aliphatic carbocycles. The van der Waals surface area contributed by atoms with Gasteiger partial charge >= 0.3 is 0 Å². The number of carbonyl (C=O) groups excluding carboxylic acids is 2. The molecule has 3 N–H and O–H groups in total. The fourth-order valence-electron chi connectivity index (χ4n) is 4.04. The molecule has 1 aromatic rings. The lowest BCUT2D eigenvalue weighted by molar-refractivity contribution is -0.123. The van der Waals surface area contributed by atoms with Crippen LogP contribution in [0.1, 0.15) is 62.2 Å². The van der Waals surface area contributed by atoms with Crippen LogP contribution >= 0.6 is 11.6 Å². The largest absolute Gasteiger partial charge is 0.352 e. The van der Waals surface area contributed by atoms with Crippen LogP contribution in [0, 0.1) is 11.7 Å². The fraction of sp³-hybridized carbons (Fsp3) is 0.619. The van der Waals surface area contributed by atoms with E-state index < -0.39 is 5.82 Å². The maximum absolute atomic E-state index is 13.4. The SMILES string of the molecule is CC1(NC(=O)CN[C@H]2CC[C@@H](CNC(=O)c3cc(F)cc(Cl)c3)CC2)CCC1. The van der Waals surface area contributed by atoms with Crippen molar-refractivity contribution < 1.29 is 14.0 Å². The molecule has 0 spiro atoms. The van der Waals surface area contributed by atoms with Gasteiger partial charge in [-0.1, -0.05) is 11.6 Å². The van der Waals surface area contributed by atoms with E-state index in [4.69, 9.17) is 11.6 Å². The number of carbonyl (C=O) groups is 2. The van der Waals surface area contributed by atoms with Crippen molar-refractivity contribution >= 4 is 23.4 Å². The van der Waals surface area contributed by atoms with Crippen molar-refractivity contribution in [2.75, 3.05) is 13.1 Å². The van der Waals surface area contributed by atoms with Crippen LogP contribution in [0.3, 0.4) is 0 Å². The van der Waals surface area contributed by atoms with Crippen LogP contribution in [0.25, 0.3) is 0 Å². The number of hydrogen-bond donors (Lipinski definition) is 3. The van der Waals surface area contributed by atoms with Gasteiger partial charge in [0.25, 0.3) is 5.91 Å². The molecule has 0 aromatic heterocycles. The highest BCUT2D eigenvalue weighted by Gasteiger charge is 2.33. The summed E-state index contributed by atoms with van der Waals surface area (Å²) in [5.74, 6) is -0.346. The van der Waals surface area contributed by atoms with Crippen molar-refractivity contribution in [2.24, 2.45) is 5.92 Å². The highest BCUT2D eigenvalue weighted by Crippen LogP contribution is 2.30. The molecule has 28 heavy (non-hydrogen) atoms. The number of amides is 2. The van der Waals surface area contributed by atoms with E-state index in [2.05, 4.69) is 22.9 Å². The summed E-state index contributed by atoms with van der Waals surface area (Å²) < 4.78 is 13.4. The minimum Gasteiger partial charge on any atom is -0.352 e. The first-order valence-electron chi connectivity index (χ1n) is 10.1. The summed E-state index contributed by atoms with van der Waals surface area (Å²) in [5, 5.41) is 9.57. The zero-order valence-electron chi connectivity index (χ0n) is 16.3. The molecule has 2 amide bonds. The van der Waals surface area contributed by atoms with Gasteiger partial charge in [-0.2, -0.15) is 0 Å². The normalized spacial score (nSPS) is 23.5. The number of hydrogen-bond acceptors (Lipinski definition) is 3. The predicted molar refractivity (Wildman–Crippen MR) is 108 cm³/mol. The standard InChI is InChI=1S/C21H29ClFN3O2/c1-21(7-2-8-21)26-19(27)13-24-18-5-3-14(4-6-18)12-25-20(28)15-9-16(22)11-17(23)10-15/h9-11,14,18,24H,2-8,12-13H2,1H3,(H,25,28)(H,26,27)/t14-,18+. The van der Waals surface area contributed by atoms with E-state index in [9.17, 15) is 14.0 Å². The second-order valence-electron chi connectivity index (χ2n) is 8.43. The Hall–Kier alpha value is -1.66. The molecule has 0 saturated heterocycles. The van der Waals surface area contributed by atoms with Crippen molar-refractivity contribution in [2.45, 2.75) is 63.5 Å². The first-order valence-corrected chi connectivity index (χ1v) is 10.5. The first kappa shape index (κ1) is 21.1. The molecule has 0 aliphatic heterocycles. The monoisotopic (exact) mass is 409 g/mol. The summed E-state index contributed by atoms with van der Waals surface area (Å²) in [6, 6.07) is 4.18. The van der Waals surface area contributed by atoms with Crippen molar-refractivity contribution in [3.05, 3.63) is 34.6 Å². The smallest absolute Gasteiger partial charge is 0.251 e. The summed E-state index contributed by atoms with van der Waals surface area (Å²) in [7, 11) is 0. The predicted octanol–water partition coefficient (Wildman–Crippen LogP) is 3.42. The van der Waals surface area contributed by atoms with Crippen LogP contribution in [-0.2, 0) is 4.79 Å². The first-order chi connectivity index (χ1) is 13.3. The van der Waals surface area contributed by atoms with E-state index in [1.165, 1.54) is 24.6 Å². The maximum atomic E-state index is 13.4. The number of benzene rings is 1. The van der Waals surface area contributed by atoms with Crippen LogP contribution in [0.5, 0.6) is 0 Å².